The van der Waals surface area contributed by atoms with E-state index in [0.717, 1.165) is 16.9 Å². The van der Waals surface area contributed by atoms with Crippen LogP contribution < -0.4 is 10.1 Å². The van der Waals surface area contributed by atoms with Gasteiger partial charge in [0, 0.05) is 18.5 Å². The van der Waals surface area contributed by atoms with Crippen LogP contribution in [0.5, 0.6) is 5.75 Å². The second-order valence-corrected chi connectivity index (χ2v) is 9.08. The van der Waals surface area contributed by atoms with E-state index >= 15 is 0 Å². The van der Waals surface area contributed by atoms with E-state index < -0.39 is 11.6 Å². The minimum Gasteiger partial charge on any atom is -0.494 e. The van der Waals surface area contributed by atoms with Crippen molar-refractivity contribution in [2.75, 3.05) is 6.61 Å². The molecular formula is C26H35FN2O3. The molecule has 1 unspecified atom stereocenters. The Morgan fingerprint density at radius 3 is 2.25 bits per heavy atom. The van der Waals surface area contributed by atoms with Gasteiger partial charge in [-0.3, -0.25) is 9.59 Å². The van der Waals surface area contributed by atoms with E-state index in [2.05, 4.69) is 5.32 Å². The van der Waals surface area contributed by atoms with E-state index in [1.807, 2.05) is 58.9 Å². The van der Waals surface area contributed by atoms with Crippen molar-refractivity contribution < 1.29 is 18.7 Å². The third-order valence-electron chi connectivity index (χ3n) is 4.97. The highest BCUT2D eigenvalue weighted by Gasteiger charge is 2.30. The highest BCUT2D eigenvalue weighted by Crippen LogP contribution is 2.17. The minimum atomic E-state index is -0.607. The van der Waals surface area contributed by atoms with Crippen LogP contribution in [0.25, 0.3) is 0 Å². The Labute approximate surface area is 191 Å². The lowest BCUT2D eigenvalue weighted by atomic mass is 10.0. The van der Waals surface area contributed by atoms with Crippen molar-refractivity contribution in [1.29, 1.82) is 0 Å². The molecule has 0 aliphatic heterocycles. The van der Waals surface area contributed by atoms with E-state index in [1.54, 1.807) is 17.0 Å². The van der Waals surface area contributed by atoms with Crippen LogP contribution in [0.2, 0.25) is 0 Å². The molecule has 32 heavy (non-hydrogen) atoms. The summed E-state index contributed by atoms with van der Waals surface area (Å²) in [6.07, 6.45) is 1.27. The molecule has 0 spiro atoms. The van der Waals surface area contributed by atoms with Crippen molar-refractivity contribution in [3.05, 3.63) is 65.5 Å². The van der Waals surface area contributed by atoms with Gasteiger partial charge in [-0.1, -0.05) is 36.8 Å². The Morgan fingerprint density at radius 1 is 1.06 bits per heavy atom. The maximum absolute atomic E-state index is 13.3. The second-order valence-electron chi connectivity index (χ2n) is 9.08. The molecule has 0 heterocycles. The minimum absolute atomic E-state index is 0.127. The van der Waals surface area contributed by atoms with Crippen molar-refractivity contribution in [2.45, 2.75) is 72.0 Å². The third kappa shape index (κ3) is 8.33. The van der Waals surface area contributed by atoms with Crippen molar-refractivity contribution in [2.24, 2.45) is 0 Å². The van der Waals surface area contributed by atoms with Crippen molar-refractivity contribution >= 4 is 11.8 Å². The summed E-state index contributed by atoms with van der Waals surface area (Å²) in [5, 5.41) is 2.98. The summed E-state index contributed by atoms with van der Waals surface area (Å²) in [7, 11) is 0. The summed E-state index contributed by atoms with van der Waals surface area (Å²) in [6, 6.07) is 13.2. The number of hydrogen-bond acceptors (Lipinski definition) is 3. The fraction of sp³-hybridized carbons (Fsp3) is 0.462. The molecule has 1 N–H and O–H groups in total. The molecule has 0 radical (unpaired) electrons. The molecule has 6 heteroatoms. The second kappa shape index (κ2) is 11.7. The number of nitrogens with one attached hydrogen (secondary N) is 1. The first-order chi connectivity index (χ1) is 15.1. The van der Waals surface area contributed by atoms with Gasteiger partial charge in [0.15, 0.2) is 0 Å². The Balaban J connectivity index is 2.07. The normalized spacial score (nSPS) is 12.2. The molecule has 1 atom stereocenters. The third-order valence-corrected chi connectivity index (χ3v) is 4.97. The Morgan fingerprint density at radius 2 is 1.69 bits per heavy atom. The van der Waals surface area contributed by atoms with Crippen LogP contribution in [-0.4, -0.2) is 34.9 Å². The average Bonchev–Trinajstić information content (AvgIpc) is 2.72. The zero-order valence-corrected chi connectivity index (χ0v) is 19.8. The number of carbonyl (C=O) groups is 2. The summed E-state index contributed by atoms with van der Waals surface area (Å²) >= 11 is 0. The first-order valence-corrected chi connectivity index (χ1v) is 11.1. The van der Waals surface area contributed by atoms with Gasteiger partial charge < -0.3 is 15.0 Å². The van der Waals surface area contributed by atoms with E-state index in [9.17, 15) is 14.0 Å². The van der Waals surface area contributed by atoms with Gasteiger partial charge in [-0.05, 0) is 70.4 Å². The Hall–Kier alpha value is -2.89. The zero-order chi connectivity index (χ0) is 23.7. The molecular weight excluding hydrogens is 407 g/mol. The highest BCUT2D eigenvalue weighted by atomic mass is 19.1. The number of aryl methyl sites for hydroxylation is 1. The largest absolute Gasteiger partial charge is 0.494 e. The lowest BCUT2D eigenvalue weighted by molar-refractivity contribution is -0.142. The van der Waals surface area contributed by atoms with Gasteiger partial charge in [-0.25, -0.2) is 4.39 Å². The average molecular weight is 443 g/mol. The number of ether oxygens (including phenoxy) is 1. The number of benzene rings is 2. The number of amides is 2. The number of hydrogen-bond donors (Lipinski definition) is 1. The molecule has 0 aliphatic carbocycles. The van der Waals surface area contributed by atoms with Crippen LogP contribution in [0.4, 0.5) is 4.39 Å². The molecule has 2 rings (SSSR count). The van der Waals surface area contributed by atoms with E-state index in [0.29, 0.717) is 19.4 Å². The number of carbonyl (C=O) groups excluding carboxylic acids is 2. The van der Waals surface area contributed by atoms with Crippen LogP contribution >= 0.6 is 0 Å². The van der Waals surface area contributed by atoms with Crippen LogP contribution in [0.3, 0.4) is 0 Å². The number of nitrogens with zero attached hydrogens (tertiary/aromatic N) is 1. The number of rotatable bonds is 10. The molecule has 0 aromatic heterocycles. The first kappa shape index (κ1) is 25.4. The van der Waals surface area contributed by atoms with Gasteiger partial charge in [0.25, 0.3) is 0 Å². The summed E-state index contributed by atoms with van der Waals surface area (Å²) < 4.78 is 19.1. The first-order valence-electron chi connectivity index (χ1n) is 11.1. The molecule has 0 saturated carbocycles. The predicted octanol–water partition coefficient (Wildman–Crippen LogP) is 5.02. The fourth-order valence-electron chi connectivity index (χ4n) is 3.35. The highest BCUT2D eigenvalue weighted by molar-refractivity contribution is 5.88. The van der Waals surface area contributed by atoms with Gasteiger partial charge in [0.2, 0.25) is 11.8 Å². The molecule has 0 bridgehead atoms. The molecule has 0 saturated heterocycles. The lowest BCUT2D eigenvalue weighted by Gasteiger charge is -2.33. The van der Waals surface area contributed by atoms with Crippen LogP contribution in [0.1, 0.15) is 58.1 Å². The topological polar surface area (TPSA) is 58.6 Å². The fourth-order valence-corrected chi connectivity index (χ4v) is 3.35. The van der Waals surface area contributed by atoms with Gasteiger partial charge >= 0.3 is 0 Å². The molecule has 174 valence electrons. The van der Waals surface area contributed by atoms with Gasteiger partial charge in [0.1, 0.15) is 17.6 Å². The molecule has 0 aliphatic rings. The van der Waals surface area contributed by atoms with Crippen molar-refractivity contribution in [3.8, 4) is 5.75 Å². The molecule has 2 aromatic carbocycles. The summed E-state index contributed by atoms with van der Waals surface area (Å²) in [4.78, 5) is 27.7. The quantitative estimate of drug-likeness (QED) is 0.526. The summed E-state index contributed by atoms with van der Waals surface area (Å²) in [5.41, 5.74) is 1.53. The van der Waals surface area contributed by atoms with Crippen LogP contribution in [0.15, 0.2) is 48.5 Å². The van der Waals surface area contributed by atoms with Crippen molar-refractivity contribution in [3.63, 3.8) is 0 Å². The molecule has 2 amide bonds. The molecule has 5 nitrogen and oxygen atoms in total. The van der Waals surface area contributed by atoms with Crippen LogP contribution in [-0.2, 0) is 16.1 Å². The van der Waals surface area contributed by atoms with Gasteiger partial charge in [-0.2, -0.15) is 0 Å². The Kier molecular flexibility index (Phi) is 9.24. The number of halogens is 1. The molecule has 0 fully saturated rings. The van der Waals surface area contributed by atoms with Gasteiger partial charge in [-0.15, -0.1) is 0 Å². The maximum atomic E-state index is 13.3. The molecule has 2 aromatic rings. The Bertz CT molecular complexity index is 873. The van der Waals surface area contributed by atoms with Crippen LogP contribution in [0, 0.1) is 12.7 Å². The van der Waals surface area contributed by atoms with E-state index in [1.165, 1.54) is 12.1 Å². The standard InChI is InChI=1S/C26H35FN2O3/c1-6-23(25(31)28-26(3,4)5)29(18-20-11-13-21(27)14-12-20)24(30)8-7-17-32-22-15-9-19(2)10-16-22/h9-16,23H,6-8,17-18H2,1-5H3,(H,28,31). The van der Waals surface area contributed by atoms with Crippen molar-refractivity contribution in [1.82, 2.24) is 10.2 Å². The summed E-state index contributed by atoms with van der Waals surface area (Å²) in [5.74, 6) is 0.115. The zero-order valence-electron chi connectivity index (χ0n) is 19.8. The van der Waals surface area contributed by atoms with Gasteiger partial charge in [0.05, 0.1) is 6.61 Å². The predicted molar refractivity (Wildman–Crippen MR) is 125 cm³/mol. The lowest BCUT2D eigenvalue weighted by Crippen LogP contribution is -2.53. The van der Waals surface area contributed by atoms with E-state index in [4.69, 9.17) is 4.74 Å². The monoisotopic (exact) mass is 442 g/mol. The smallest absolute Gasteiger partial charge is 0.243 e. The van der Waals surface area contributed by atoms with E-state index in [-0.39, 0.29) is 30.6 Å². The SMILES string of the molecule is CCC(C(=O)NC(C)(C)C)N(Cc1ccc(F)cc1)C(=O)CCCOc1ccc(C)cc1. The maximum Gasteiger partial charge on any atom is 0.243 e. The summed E-state index contributed by atoms with van der Waals surface area (Å²) in [6.45, 7) is 10.3.